The predicted octanol–water partition coefficient (Wildman–Crippen LogP) is 1.52. The molecule has 0 aliphatic rings. The molecule has 1 unspecified atom stereocenters. The molecular weight excluding hydrogens is 276 g/mol. The molecule has 1 atom stereocenters. The lowest BCUT2D eigenvalue weighted by Crippen LogP contribution is -2.34. The van der Waals surface area contributed by atoms with Crippen LogP contribution in [0.2, 0.25) is 0 Å². The fourth-order valence-electron chi connectivity index (χ4n) is 1.58. The Hall–Kier alpha value is -1.79. The van der Waals surface area contributed by atoms with Crippen LogP contribution in [0.4, 0.5) is 4.79 Å². The number of carboxylic acids is 1. The molecule has 2 amide bonds. The van der Waals surface area contributed by atoms with Gasteiger partial charge in [-0.25, -0.2) is 4.79 Å². The second kappa shape index (κ2) is 9.20. The van der Waals surface area contributed by atoms with E-state index in [4.69, 9.17) is 9.84 Å². The second-order valence-electron chi connectivity index (χ2n) is 6.04. The zero-order valence-electron chi connectivity index (χ0n) is 13.2. The average molecular weight is 302 g/mol. The molecule has 0 rings (SSSR count). The van der Waals surface area contributed by atoms with Crippen LogP contribution in [0.3, 0.4) is 0 Å². The summed E-state index contributed by atoms with van der Waals surface area (Å²) in [5.74, 6) is -1.28. The number of ether oxygens (including phenoxy) is 1. The molecule has 21 heavy (non-hydrogen) atoms. The van der Waals surface area contributed by atoms with Crippen LogP contribution in [0.1, 0.15) is 47.0 Å². The van der Waals surface area contributed by atoms with Gasteiger partial charge in [0.25, 0.3) is 0 Å². The summed E-state index contributed by atoms with van der Waals surface area (Å²) < 4.78 is 5.06. The molecule has 0 aliphatic carbocycles. The largest absolute Gasteiger partial charge is 0.481 e. The minimum atomic E-state index is -0.906. The molecule has 0 aliphatic heterocycles. The Labute approximate surface area is 125 Å². The van der Waals surface area contributed by atoms with Crippen LogP contribution in [0, 0.1) is 5.92 Å². The van der Waals surface area contributed by atoms with E-state index < -0.39 is 17.7 Å². The van der Waals surface area contributed by atoms with E-state index in [-0.39, 0.29) is 24.7 Å². The van der Waals surface area contributed by atoms with Gasteiger partial charge in [-0.05, 0) is 33.1 Å². The number of carbonyl (C=O) groups excluding carboxylic acids is 2. The molecule has 0 radical (unpaired) electrons. The van der Waals surface area contributed by atoms with Gasteiger partial charge in [0.15, 0.2) is 0 Å². The molecule has 0 aromatic rings. The van der Waals surface area contributed by atoms with Crippen LogP contribution in [-0.2, 0) is 14.3 Å². The van der Waals surface area contributed by atoms with Gasteiger partial charge in [0.05, 0.1) is 0 Å². The van der Waals surface area contributed by atoms with E-state index in [1.54, 1.807) is 27.7 Å². The standard InChI is InChI=1S/C14H26N2O5/c1-10(9-12(18)19)8-11(17)15-6-5-7-16-13(20)21-14(2,3)4/h10H,5-9H2,1-4H3,(H,15,17)(H,16,20)(H,18,19). The molecule has 7 heteroatoms. The van der Waals surface area contributed by atoms with Crippen LogP contribution >= 0.6 is 0 Å². The second-order valence-corrected chi connectivity index (χ2v) is 6.04. The number of alkyl carbamates (subject to hydrolysis) is 1. The van der Waals surface area contributed by atoms with Gasteiger partial charge in [0.2, 0.25) is 5.91 Å². The topological polar surface area (TPSA) is 105 Å². The average Bonchev–Trinajstić information content (AvgIpc) is 2.24. The summed E-state index contributed by atoms with van der Waals surface area (Å²) in [6, 6.07) is 0. The fraction of sp³-hybridized carbons (Fsp3) is 0.786. The van der Waals surface area contributed by atoms with Crippen molar-refractivity contribution in [1.82, 2.24) is 10.6 Å². The summed E-state index contributed by atoms with van der Waals surface area (Å²) in [6.07, 6.45) is 0.265. The molecule has 0 fully saturated rings. The summed E-state index contributed by atoms with van der Waals surface area (Å²) in [6.45, 7) is 7.90. The lowest BCUT2D eigenvalue weighted by molar-refractivity contribution is -0.138. The summed E-state index contributed by atoms with van der Waals surface area (Å²) in [7, 11) is 0. The number of carboxylic acid groups (broad SMARTS) is 1. The first kappa shape index (κ1) is 19.2. The van der Waals surface area contributed by atoms with Crippen molar-refractivity contribution in [3.05, 3.63) is 0 Å². The van der Waals surface area contributed by atoms with E-state index in [0.717, 1.165) is 0 Å². The van der Waals surface area contributed by atoms with Crippen molar-refractivity contribution in [2.75, 3.05) is 13.1 Å². The van der Waals surface area contributed by atoms with Crippen molar-refractivity contribution in [2.45, 2.75) is 52.6 Å². The first-order valence-electron chi connectivity index (χ1n) is 7.05. The highest BCUT2D eigenvalue weighted by molar-refractivity contribution is 5.77. The van der Waals surface area contributed by atoms with Crippen molar-refractivity contribution in [2.24, 2.45) is 5.92 Å². The molecule has 7 nitrogen and oxygen atoms in total. The van der Waals surface area contributed by atoms with E-state index in [0.29, 0.717) is 19.5 Å². The monoisotopic (exact) mass is 302 g/mol. The molecule has 3 N–H and O–H groups in total. The summed E-state index contributed by atoms with van der Waals surface area (Å²) in [5, 5.41) is 13.9. The van der Waals surface area contributed by atoms with Gasteiger partial charge in [-0.2, -0.15) is 0 Å². The number of rotatable bonds is 8. The van der Waals surface area contributed by atoms with Crippen molar-refractivity contribution < 1.29 is 24.2 Å². The van der Waals surface area contributed by atoms with E-state index >= 15 is 0 Å². The molecule has 0 bridgehead atoms. The SMILES string of the molecule is CC(CC(=O)O)CC(=O)NCCCNC(=O)OC(C)(C)C. The van der Waals surface area contributed by atoms with Crippen molar-refractivity contribution in [3.8, 4) is 0 Å². The molecular formula is C14H26N2O5. The Balaban J connectivity index is 3.65. The number of carbonyl (C=O) groups is 3. The number of amides is 2. The van der Waals surface area contributed by atoms with Gasteiger partial charge in [0.1, 0.15) is 5.60 Å². The Morgan fingerprint density at radius 1 is 1.10 bits per heavy atom. The number of nitrogens with one attached hydrogen (secondary N) is 2. The fourth-order valence-corrected chi connectivity index (χ4v) is 1.58. The number of aliphatic carboxylic acids is 1. The highest BCUT2D eigenvalue weighted by atomic mass is 16.6. The first-order chi connectivity index (χ1) is 9.60. The van der Waals surface area contributed by atoms with Crippen molar-refractivity contribution in [1.29, 1.82) is 0 Å². The highest BCUT2D eigenvalue weighted by Crippen LogP contribution is 2.07. The van der Waals surface area contributed by atoms with E-state index in [1.807, 2.05) is 0 Å². The number of hydrogen-bond donors (Lipinski definition) is 3. The maximum Gasteiger partial charge on any atom is 0.407 e. The molecule has 0 spiro atoms. The smallest absolute Gasteiger partial charge is 0.407 e. The first-order valence-corrected chi connectivity index (χ1v) is 7.05. The molecule has 122 valence electrons. The zero-order valence-corrected chi connectivity index (χ0v) is 13.2. The van der Waals surface area contributed by atoms with Crippen LogP contribution in [0.15, 0.2) is 0 Å². The van der Waals surface area contributed by atoms with Crippen molar-refractivity contribution >= 4 is 18.0 Å². The Kier molecular flexibility index (Phi) is 8.42. The minimum Gasteiger partial charge on any atom is -0.481 e. The predicted molar refractivity (Wildman–Crippen MR) is 77.9 cm³/mol. The zero-order chi connectivity index (χ0) is 16.5. The lowest BCUT2D eigenvalue weighted by atomic mass is 10.0. The minimum absolute atomic E-state index is 0.0202. The summed E-state index contributed by atoms with van der Waals surface area (Å²) in [4.78, 5) is 33.3. The lowest BCUT2D eigenvalue weighted by Gasteiger charge is -2.19. The normalized spacial score (nSPS) is 12.4. The quantitative estimate of drug-likeness (QED) is 0.590. The van der Waals surface area contributed by atoms with Crippen LogP contribution in [0.25, 0.3) is 0 Å². The van der Waals surface area contributed by atoms with Crippen LogP contribution in [-0.4, -0.2) is 41.8 Å². The molecule has 0 aromatic carbocycles. The van der Waals surface area contributed by atoms with Gasteiger partial charge in [-0.15, -0.1) is 0 Å². The Morgan fingerprint density at radius 3 is 2.19 bits per heavy atom. The van der Waals surface area contributed by atoms with Gasteiger partial charge in [-0.3, -0.25) is 9.59 Å². The third-order valence-corrected chi connectivity index (χ3v) is 2.40. The van der Waals surface area contributed by atoms with Gasteiger partial charge in [0, 0.05) is 25.9 Å². The third kappa shape index (κ3) is 13.0. The third-order valence-electron chi connectivity index (χ3n) is 2.40. The van der Waals surface area contributed by atoms with Gasteiger partial charge >= 0.3 is 12.1 Å². The summed E-state index contributed by atoms with van der Waals surface area (Å²) in [5.41, 5.74) is -0.529. The maximum absolute atomic E-state index is 11.5. The molecule has 0 heterocycles. The number of hydrogen-bond acceptors (Lipinski definition) is 4. The molecule has 0 saturated carbocycles. The highest BCUT2D eigenvalue weighted by Gasteiger charge is 2.15. The van der Waals surface area contributed by atoms with Crippen LogP contribution in [0.5, 0.6) is 0 Å². The van der Waals surface area contributed by atoms with Crippen LogP contribution < -0.4 is 10.6 Å². The van der Waals surface area contributed by atoms with Gasteiger partial charge < -0.3 is 20.5 Å². The van der Waals surface area contributed by atoms with E-state index in [2.05, 4.69) is 10.6 Å². The van der Waals surface area contributed by atoms with Crippen molar-refractivity contribution in [3.63, 3.8) is 0 Å². The molecule has 0 aromatic heterocycles. The molecule has 0 saturated heterocycles. The maximum atomic E-state index is 11.5. The van der Waals surface area contributed by atoms with Gasteiger partial charge in [-0.1, -0.05) is 6.92 Å². The Morgan fingerprint density at radius 2 is 1.67 bits per heavy atom. The van der Waals surface area contributed by atoms with E-state index in [1.165, 1.54) is 0 Å². The Bertz CT molecular complexity index is 363. The van der Waals surface area contributed by atoms with E-state index in [9.17, 15) is 14.4 Å². The summed E-state index contributed by atoms with van der Waals surface area (Å²) >= 11 is 0.